The zero-order chi connectivity index (χ0) is 11.7. The Bertz CT molecular complexity index is 597. The number of aromatic nitrogens is 2. The summed E-state index contributed by atoms with van der Waals surface area (Å²) in [5.41, 5.74) is -0.415. The Morgan fingerprint density at radius 2 is 2.00 bits per heavy atom. The smallest absolute Gasteiger partial charge is 0.354 e. The summed E-state index contributed by atoms with van der Waals surface area (Å²) in [6.45, 7) is 0. The highest BCUT2D eigenvalue weighted by molar-refractivity contribution is 5.93. The van der Waals surface area contributed by atoms with E-state index in [4.69, 9.17) is 5.11 Å². The van der Waals surface area contributed by atoms with Gasteiger partial charge in [0.05, 0.1) is 5.56 Å². The minimum absolute atomic E-state index is 0.00315. The Kier molecular flexibility index (Phi) is 2.24. The number of aromatic carboxylic acids is 1. The van der Waals surface area contributed by atoms with Crippen molar-refractivity contribution < 1.29 is 15.0 Å². The van der Waals surface area contributed by atoms with Crippen molar-refractivity contribution in [3.63, 3.8) is 0 Å². The van der Waals surface area contributed by atoms with Gasteiger partial charge >= 0.3 is 5.97 Å². The third-order valence-corrected chi connectivity index (χ3v) is 2.13. The molecule has 16 heavy (non-hydrogen) atoms. The molecule has 6 nitrogen and oxygen atoms in total. The largest absolute Gasteiger partial charge is 0.508 e. The van der Waals surface area contributed by atoms with Gasteiger partial charge in [-0.25, -0.2) is 4.79 Å². The van der Waals surface area contributed by atoms with E-state index in [-0.39, 0.29) is 17.0 Å². The molecule has 6 heteroatoms. The number of aromatic hydroxyl groups is 1. The van der Waals surface area contributed by atoms with E-state index in [2.05, 4.69) is 10.2 Å². The van der Waals surface area contributed by atoms with Crippen LogP contribution in [0.1, 0.15) is 10.5 Å². The number of phenols is 1. The maximum absolute atomic E-state index is 11.4. The van der Waals surface area contributed by atoms with Crippen LogP contribution in [-0.2, 0) is 0 Å². The third-order valence-electron chi connectivity index (χ3n) is 2.13. The van der Waals surface area contributed by atoms with Gasteiger partial charge in [0.15, 0.2) is 5.69 Å². The number of hydrogen-bond donors (Lipinski definition) is 4. The zero-order valence-corrected chi connectivity index (χ0v) is 8.02. The standard InChI is InChI=1S/C10H8N2O4/c13-6-3-1-2-5(4-6)7-8(10(15)16)11-12-9(7)14/h1-4,13H,(H,15,16)(H2,11,12,14). The molecule has 2 rings (SSSR count). The monoisotopic (exact) mass is 220 g/mol. The van der Waals surface area contributed by atoms with Crippen LogP contribution in [-0.4, -0.2) is 26.4 Å². The predicted molar refractivity (Wildman–Crippen MR) is 55.5 cm³/mol. The van der Waals surface area contributed by atoms with Gasteiger partial charge < -0.3 is 10.2 Å². The fourth-order valence-electron chi connectivity index (χ4n) is 1.46. The molecular weight excluding hydrogens is 212 g/mol. The van der Waals surface area contributed by atoms with Gasteiger partial charge in [-0.2, -0.15) is 0 Å². The van der Waals surface area contributed by atoms with E-state index in [1.54, 1.807) is 6.07 Å². The Morgan fingerprint density at radius 3 is 2.62 bits per heavy atom. The lowest BCUT2D eigenvalue weighted by molar-refractivity contribution is 0.0691. The Hall–Kier alpha value is -2.50. The van der Waals surface area contributed by atoms with Gasteiger partial charge in [-0.3, -0.25) is 15.0 Å². The van der Waals surface area contributed by atoms with Crippen LogP contribution in [0.5, 0.6) is 5.75 Å². The first kappa shape index (κ1) is 10.0. The molecular formula is C10H8N2O4. The molecule has 1 aromatic heterocycles. The second-order valence-electron chi connectivity index (χ2n) is 3.18. The average Bonchev–Trinajstić information content (AvgIpc) is 2.60. The highest BCUT2D eigenvalue weighted by atomic mass is 16.4. The van der Waals surface area contributed by atoms with Crippen LogP contribution in [0, 0.1) is 0 Å². The van der Waals surface area contributed by atoms with Crippen molar-refractivity contribution in [2.45, 2.75) is 0 Å². The first-order valence-electron chi connectivity index (χ1n) is 4.43. The molecule has 0 saturated heterocycles. The van der Waals surface area contributed by atoms with Crippen molar-refractivity contribution in [1.82, 2.24) is 10.2 Å². The average molecular weight is 220 g/mol. The summed E-state index contributed by atoms with van der Waals surface area (Å²) >= 11 is 0. The van der Waals surface area contributed by atoms with E-state index in [1.165, 1.54) is 18.2 Å². The summed E-state index contributed by atoms with van der Waals surface area (Å²) < 4.78 is 0. The van der Waals surface area contributed by atoms with Crippen molar-refractivity contribution in [2.24, 2.45) is 0 Å². The second kappa shape index (κ2) is 3.58. The van der Waals surface area contributed by atoms with Crippen LogP contribution in [0.3, 0.4) is 0 Å². The Morgan fingerprint density at radius 1 is 1.25 bits per heavy atom. The number of phenolic OH excluding ortho intramolecular Hbond substituents is 1. The molecule has 1 heterocycles. The van der Waals surface area contributed by atoms with Gasteiger partial charge in [-0.15, -0.1) is 0 Å². The molecule has 0 atom stereocenters. The fourth-order valence-corrected chi connectivity index (χ4v) is 1.46. The summed E-state index contributed by atoms with van der Waals surface area (Å²) in [4.78, 5) is 22.3. The SMILES string of the molecule is O=C(O)c1[nH][nH]c(=O)c1-c1cccc(O)c1. The first-order valence-corrected chi connectivity index (χ1v) is 4.43. The molecule has 0 fully saturated rings. The lowest BCUT2D eigenvalue weighted by Gasteiger charge is -1.99. The molecule has 82 valence electrons. The molecule has 0 saturated carbocycles. The Labute approximate surface area is 89.2 Å². The molecule has 0 bridgehead atoms. The van der Waals surface area contributed by atoms with Gasteiger partial charge in [0.25, 0.3) is 5.56 Å². The molecule has 1 aromatic carbocycles. The molecule has 4 N–H and O–H groups in total. The summed E-state index contributed by atoms with van der Waals surface area (Å²) in [7, 11) is 0. The lowest BCUT2D eigenvalue weighted by atomic mass is 10.1. The quantitative estimate of drug-likeness (QED) is 0.599. The summed E-state index contributed by atoms with van der Waals surface area (Å²) in [6, 6.07) is 5.84. The summed E-state index contributed by atoms with van der Waals surface area (Å²) in [5, 5.41) is 22.6. The molecule has 0 amide bonds. The van der Waals surface area contributed by atoms with Gasteiger partial charge in [-0.05, 0) is 17.7 Å². The molecule has 0 radical (unpaired) electrons. The molecule has 2 aromatic rings. The van der Waals surface area contributed by atoms with Gasteiger partial charge in [0, 0.05) is 0 Å². The third kappa shape index (κ3) is 1.56. The molecule has 0 aliphatic rings. The van der Waals surface area contributed by atoms with Crippen LogP contribution in [0.2, 0.25) is 0 Å². The first-order chi connectivity index (χ1) is 7.59. The van der Waals surface area contributed by atoms with Gasteiger partial charge in [-0.1, -0.05) is 12.1 Å². The van der Waals surface area contributed by atoms with Crippen molar-refractivity contribution in [1.29, 1.82) is 0 Å². The van der Waals surface area contributed by atoms with E-state index in [0.717, 1.165) is 0 Å². The van der Waals surface area contributed by atoms with Crippen molar-refractivity contribution in [2.75, 3.05) is 0 Å². The second-order valence-corrected chi connectivity index (χ2v) is 3.18. The molecule has 0 unspecified atom stereocenters. The fraction of sp³-hybridized carbons (Fsp3) is 0. The van der Waals surface area contributed by atoms with Crippen molar-refractivity contribution in [3.05, 3.63) is 40.3 Å². The van der Waals surface area contributed by atoms with Crippen LogP contribution < -0.4 is 5.56 Å². The highest BCUT2D eigenvalue weighted by Crippen LogP contribution is 2.22. The van der Waals surface area contributed by atoms with Crippen LogP contribution in [0.15, 0.2) is 29.1 Å². The van der Waals surface area contributed by atoms with Gasteiger partial charge in [0.1, 0.15) is 5.75 Å². The Balaban J connectivity index is 2.68. The van der Waals surface area contributed by atoms with E-state index in [1.807, 2.05) is 0 Å². The maximum atomic E-state index is 11.4. The number of benzene rings is 1. The highest BCUT2D eigenvalue weighted by Gasteiger charge is 2.17. The number of nitrogens with one attached hydrogen (secondary N) is 2. The zero-order valence-electron chi connectivity index (χ0n) is 8.02. The number of carboxylic acid groups (broad SMARTS) is 1. The molecule has 0 aliphatic carbocycles. The topological polar surface area (TPSA) is 106 Å². The van der Waals surface area contributed by atoms with E-state index in [9.17, 15) is 14.7 Å². The van der Waals surface area contributed by atoms with Crippen molar-refractivity contribution in [3.8, 4) is 16.9 Å². The van der Waals surface area contributed by atoms with Crippen LogP contribution in [0.4, 0.5) is 0 Å². The predicted octanol–water partition coefficient (Wildman–Crippen LogP) is 0.774. The number of carbonyl (C=O) groups is 1. The maximum Gasteiger partial charge on any atom is 0.354 e. The van der Waals surface area contributed by atoms with Crippen LogP contribution >= 0.6 is 0 Å². The number of H-pyrrole nitrogens is 2. The number of rotatable bonds is 2. The number of carboxylic acids is 1. The minimum Gasteiger partial charge on any atom is -0.508 e. The van der Waals surface area contributed by atoms with Crippen molar-refractivity contribution >= 4 is 5.97 Å². The normalized spacial score (nSPS) is 10.2. The van der Waals surface area contributed by atoms with E-state index >= 15 is 0 Å². The number of aromatic amines is 2. The van der Waals surface area contributed by atoms with E-state index in [0.29, 0.717) is 5.56 Å². The van der Waals surface area contributed by atoms with Crippen LogP contribution in [0.25, 0.3) is 11.1 Å². The van der Waals surface area contributed by atoms with E-state index < -0.39 is 11.5 Å². The lowest BCUT2D eigenvalue weighted by Crippen LogP contribution is -2.04. The van der Waals surface area contributed by atoms with Gasteiger partial charge in [0.2, 0.25) is 0 Å². The molecule has 0 aliphatic heterocycles. The summed E-state index contributed by atoms with van der Waals surface area (Å²) in [6.07, 6.45) is 0. The minimum atomic E-state index is -1.24. The summed E-state index contributed by atoms with van der Waals surface area (Å²) in [5.74, 6) is -1.27. The number of hydrogen-bond acceptors (Lipinski definition) is 3. The molecule has 0 spiro atoms.